The van der Waals surface area contributed by atoms with Crippen molar-refractivity contribution in [2.45, 2.75) is 31.4 Å². The number of sulfonamides is 1. The lowest BCUT2D eigenvalue weighted by Gasteiger charge is -2.13. The summed E-state index contributed by atoms with van der Waals surface area (Å²) < 4.78 is 37.6. The van der Waals surface area contributed by atoms with Crippen LogP contribution in [0, 0.1) is 0 Å². The number of anilines is 1. The van der Waals surface area contributed by atoms with Crippen molar-refractivity contribution in [1.29, 1.82) is 0 Å². The molecule has 10 heteroatoms. The normalized spacial score (nSPS) is 12.2. The van der Waals surface area contributed by atoms with Crippen molar-refractivity contribution in [2.75, 3.05) is 5.32 Å². The molecule has 0 saturated carbocycles. The van der Waals surface area contributed by atoms with Crippen molar-refractivity contribution in [1.82, 2.24) is 9.88 Å². The first-order valence-electron chi connectivity index (χ1n) is 9.32. The largest absolute Gasteiger partial charge is 0.458 e. The molecule has 0 aliphatic carbocycles. The minimum absolute atomic E-state index is 0.0507. The number of ether oxygens (including phenoxy) is 1. The first-order valence-corrected chi connectivity index (χ1v) is 10.8. The number of hydrogen-bond donors (Lipinski definition) is 2. The Hall–Kier alpha value is -3.50. The van der Waals surface area contributed by atoms with E-state index in [0.717, 1.165) is 5.56 Å². The van der Waals surface area contributed by atoms with Gasteiger partial charge in [-0.15, -0.1) is 0 Å². The van der Waals surface area contributed by atoms with Crippen molar-refractivity contribution < 1.29 is 27.3 Å². The lowest BCUT2D eigenvalue weighted by atomic mass is 10.2. The van der Waals surface area contributed by atoms with E-state index in [9.17, 15) is 18.0 Å². The van der Waals surface area contributed by atoms with Gasteiger partial charge in [0.15, 0.2) is 5.76 Å². The van der Waals surface area contributed by atoms with Crippen molar-refractivity contribution in [3.63, 3.8) is 0 Å². The molecule has 0 spiro atoms. The zero-order chi connectivity index (χ0) is 22.4. The topological polar surface area (TPSA) is 128 Å². The summed E-state index contributed by atoms with van der Waals surface area (Å²) in [5.41, 5.74) is 1.69. The van der Waals surface area contributed by atoms with Gasteiger partial charge in [0.05, 0.1) is 4.90 Å². The molecule has 2 aromatic carbocycles. The summed E-state index contributed by atoms with van der Waals surface area (Å²) >= 11 is 0. The van der Waals surface area contributed by atoms with Gasteiger partial charge in [-0.3, -0.25) is 9.59 Å². The van der Waals surface area contributed by atoms with Gasteiger partial charge >= 0.3 is 5.97 Å². The number of hydrogen-bond acceptors (Lipinski definition) is 7. The summed E-state index contributed by atoms with van der Waals surface area (Å²) in [7, 11) is -3.96. The predicted molar refractivity (Wildman–Crippen MR) is 112 cm³/mol. The molecular formula is C21H21N3O6S. The molecule has 0 aliphatic rings. The van der Waals surface area contributed by atoms with Crippen molar-refractivity contribution in [3.8, 4) is 11.3 Å². The van der Waals surface area contributed by atoms with Crippen LogP contribution >= 0.6 is 0 Å². The van der Waals surface area contributed by atoms with Crippen LogP contribution in [0.1, 0.15) is 19.5 Å². The van der Waals surface area contributed by atoms with Gasteiger partial charge in [0.1, 0.15) is 18.3 Å². The van der Waals surface area contributed by atoms with E-state index < -0.39 is 22.0 Å². The van der Waals surface area contributed by atoms with Crippen LogP contribution < -0.4 is 10.0 Å². The summed E-state index contributed by atoms with van der Waals surface area (Å²) in [5.74, 6) is -0.501. The lowest BCUT2D eigenvalue weighted by Crippen LogP contribution is -2.39. The Morgan fingerprint density at radius 1 is 1.10 bits per heavy atom. The molecule has 0 bridgehead atoms. The van der Waals surface area contributed by atoms with Crippen LogP contribution in [0.5, 0.6) is 0 Å². The molecule has 31 heavy (non-hydrogen) atoms. The fraction of sp³-hybridized carbons (Fsp3) is 0.190. The summed E-state index contributed by atoms with van der Waals surface area (Å²) in [5, 5.41) is 6.40. The maximum atomic E-state index is 12.5. The second-order valence-electron chi connectivity index (χ2n) is 6.70. The standard InChI is InChI=1S/C21H21N3O6S/c1-14(24-31(27,28)19-10-8-17(9-11-19)22-15(2)25)21(26)29-13-18-12-20(30-23-18)16-6-4-3-5-7-16/h3-12,14,24H,13H2,1-2H3,(H,22,25)/t14-/m0/s1. The number of benzene rings is 2. The Balaban J connectivity index is 1.56. The average Bonchev–Trinajstić information content (AvgIpc) is 3.21. The summed E-state index contributed by atoms with van der Waals surface area (Å²) in [6.07, 6.45) is 0. The monoisotopic (exact) mass is 443 g/mol. The van der Waals surface area contributed by atoms with Crippen LogP contribution in [0.2, 0.25) is 0 Å². The summed E-state index contributed by atoms with van der Waals surface area (Å²) in [6, 6.07) is 15.4. The van der Waals surface area contributed by atoms with E-state index >= 15 is 0 Å². The third-order valence-electron chi connectivity index (χ3n) is 4.15. The molecule has 1 aromatic heterocycles. The maximum Gasteiger partial charge on any atom is 0.324 e. The molecule has 9 nitrogen and oxygen atoms in total. The second kappa shape index (κ2) is 9.54. The lowest BCUT2D eigenvalue weighted by molar-refractivity contribution is -0.146. The molecule has 0 aliphatic heterocycles. The van der Waals surface area contributed by atoms with Gasteiger partial charge in [-0.1, -0.05) is 35.5 Å². The molecule has 1 heterocycles. The quantitative estimate of drug-likeness (QED) is 0.512. The molecule has 1 amide bonds. The van der Waals surface area contributed by atoms with Gasteiger partial charge in [0.25, 0.3) is 0 Å². The predicted octanol–water partition coefficient (Wildman–Crippen LogP) is 2.71. The minimum Gasteiger partial charge on any atom is -0.458 e. The number of carbonyl (C=O) groups is 2. The van der Waals surface area contributed by atoms with Crippen LogP contribution in [-0.4, -0.2) is 31.5 Å². The first kappa shape index (κ1) is 22.2. The fourth-order valence-corrected chi connectivity index (χ4v) is 3.85. The SMILES string of the molecule is CC(=O)Nc1ccc(S(=O)(=O)N[C@@H](C)C(=O)OCc2cc(-c3ccccc3)on2)cc1. The minimum atomic E-state index is -3.96. The van der Waals surface area contributed by atoms with Gasteiger partial charge < -0.3 is 14.6 Å². The number of rotatable bonds is 8. The number of carbonyl (C=O) groups excluding carboxylic acids is 2. The summed E-state index contributed by atoms with van der Waals surface area (Å²) in [4.78, 5) is 23.2. The van der Waals surface area contributed by atoms with Crippen LogP contribution in [0.4, 0.5) is 5.69 Å². The van der Waals surface area contributed by atoms with E-state index in [2.05, 4.69) is 15.2 Å². The Kier molecular flexibility index (Phi) is 6.83. The molecule has 0 unspecified atom stereocenters. The third-order valence-corrected chi connectivity index (χ3v) is 5.71. The smallest absolute Gasteiger partial charge is 0.324 e. The zero-order valence-electron chi connectivity index (χ0n) is 16.9. The van der Waals surface area contributed by atoms with E-state index in [1.165, 1.54) is 38.1 Å². The van der Waals surface area contributed by atoms with E-state index in [4.69, 9.17) is 9.26 Å². The molecule has 0 saturated heterocycles. The van der Waals surface area contributed by atoms with Crippen LogP contribution in [0.3, 0.4) is 0 Å². The number of esters is 1. The Morgan fingerprint density at radius 3 is 2.42 bits per heavy atom. The molecule has 3 rings (SSSR count). The van der Waals surface area contributed by atoms with E-state index in [-0.39, 0.29) is 17.4 Å². The van der Waals surface area contributed by atoms with Crippen LogP contribution in [0.25, 0.3) is 11.3 Å². The number of nitrogens with one attached hydrogen (secondary N) is 2. The highest BCUT2D eigenvalue weighted by molar-refractivity contribution is 7.89. The molecule has 2 N–H and O–H groups in total. The zero-order valence-corrected chi connectivity index (χ0v) is 17.7. The summed E-state index contributed by atoms with van der Waals surface area (Å²) in [6.45, 7) is 2.57. The van der Waals surface area contributed by atoms with Crippen LogP contribution in [0.15, 0.2) is 70.1 Å². The Labute approximate surface area is 179 Å². The third kappa shape index (κ3) is 6.00. The van der Waals surface area contributed by atoms with Gasteiger partial charge in [0.2, 0.25) is 15.9 Å². The molecular weight excluding hydrogens is 422 g/mol. The number of nitrogens with zero attached hydrogens (tertiary/aromatic N) is 1. The molecule has 3 aromatic rings. The fourth-order valence-electron chi connectivity index (χ4n) is 2.66. The van der Waals surface area contributed by atoms with Gasteiger partial charge in [0, 0.05) is 24.2 Å². The molecule has 0 radical (unpaired) electrons. The second-order valence-corrected chi connectivity index (χ2v) is 8.42. The van der Waals surface area contributed by atoms with E-state index in [1.54, 1.807) is 6.07 Å². The maximum absolute atomic E-state index is 12.5. The highest BCUT2D eigenvalue weighted by Gasteiger charge is 2.23. The highest BCUT2D eigenvalue weighted by atomic mass is 32.2. The molecule has 162 valence electrons. The van der Waals surface area contributed by atoms with E-state index in [0.29, 0.717) is 17.1 Å². The van der Waals surface area contributed by atoms with Gasteiger partial charge in [-0.05, 0) is 31.2 Å². The van der Waals surface area contributed by atoms with Gasteiger partial charge in [-0.25, -0.2) is 8.42 Å². The van der Waals surface area contributed by atoms with Crippen molar-refractivity contribution in [3.05, 3.63) is 66.4 Å². The Bertz CT molecular complexity index is 1160. The Morgan fingerprint density at radius 2 is 1.77 bits per heavy atom. The van der Waals surface area contributed by atoms with Crippen molar-refractivity contribution >= 4 is 27.6 Å². The highest BCUT2D eigenvalue weighted by Crippen LogP contribution is 2.20. The first-order chi connectivity index (χ1) is 14.7. The number of amides is 1. The average molecular weight is 443 g/mol. The van der Waals surface area contributed by atoms with E-state index in [1.807, 2.05) is 30.3 Å². The van der Waals surface area contributed by atoms with Gasteiger partial charge in [-0.2, -0.15) is 4.72 Å². The molecule has 1 atom stereocenters. The molecule has 0 fully saturated rings. The van der Waals surface area contributed by atoms with Crippen molar-refractivity contribution in [2.24, 2.45) is 0 Å². The number of aromatic nitrogens is 1. The van der Waals surface area contributed by atoms with Crippen LogP contribution in [-0.2, 0) is 31.0 Å².